The zero-order valence-electron chi connectivity index (χ0n) is 19.0. The largest absolute Gasteiger partial charge is 0.352 e. The average molecular weight is 505 g/mol. The molecule has 0 atom stereocenters. The lowest BCUT2D eigenvalue weighted by atomic mass is 10.1. The van der Waals surface area contributed by atoms with Crippen molar-refractivity contribution in [3.63, 3.8) is 0 Å². The topological polar surface area (TPSA) is 94.2 Å². The number of carbonyl (C=O) groups excluding carboxylic acids is 1. The van der Waals surface area contributed by atoms with E-state index < -0.39 is 0 Å². The highest BCUT2D eigenvalue weighted by Gasteiger charge is 2.20. The molecule has 0 aliphatic heterocycles. The van der Waals surface area contributed by atoms with E-state index in [0.29, 0.717) is 39.2 Å². The van der Waals surface area contributed by atoms with Crippen LogP contribution in [0.2, 0.25) is 5.02 Å². The van der Waals surface area contributed by atoms with Gasteiger partial charge in [-0.1, -0.05) is 17.7 Å². The fraction of sp³-hybridized carbons (Fsp3) is 0.160. The van der Waals surface area contributed by atoms with Crippen molar-refractivity contribution in [2.24, 2.45) is 0 Å². The Balaban J connectivity index is 1.47. The standard InChI is InChI=1S/C25H21ClN6O2S/c1-15-10-21(30-32(15)19-7-5-18(26)6-8-19)23-16(2)29-25-31(24(23)34)20(14-35-25)11-22(33)28-13-17-4-3-9-27-12-17/h3-10,12,14H,11,13H2,1-2H3,(H,28,33). The fourth-order valence-corrected chi connectivity index (χ4v) is 4.95. The number of nitrogens with one attached hydrogen (secondary N) is 1. The van der Waals surface area contributed by atoms with Crippen molar-refractivity contribution in [3.05, 3.63) is 98.3 Å². The molecule has 0 aliphatic rings. The fourth-order valence-electron chi connectivity index (χ4n) is 3.89. The van der Waals surface area contributed by atoms with Crippen LogP contribution in [0, 0.1) is 13.8 Å². The second-order valence-electron chi connectivity index (χ2n) is 8.10. The van der Waals surface area contributed by atoms with E-state index in [4.69, 9.17) is 11.6 Å². The predicted molar refractivity (Wildman–Crippen MR) is 136 cm³/mol. The van der Waals surface area contributed by atoms with E-state index in [9.17, 15) is 9.59 Å². The summed E-state index contributed by atoms with van der Waals surface area (Å²) in [5.74, 6) is -0.189. The number of aromatic nitrogens is 5. The minimum atomic E-state index is -0.246. The maximum atomic E-state index is 13.6. The van der Waals surface area contributed by atoms with Crippen molar-refractivity contribution in [1.29, 1.82) is 0 Å². The second-order valence-corrected chi connectivity index (χ2v) is 9.37. The second kappa shape index (κ2) is 9.44. The molecule has 176 valence electrons. The van der Waals surface area contributed by atoms with Crippen LogP contribution in [0.5, 0.6) is 0 Å². The Morgan fingerprint density at radius 2 is 1.97 bits per heavy atom. The molecule has 0 aliphatic carbocycles. The quantitative estimate of drug-likeness (QED) is 0.375. The lowest BCUT2D eigenvalue weighted by molar-refractivity contribution is -0.120. The van der Waals surface area contributed by atoms with Crippen LogP contribution in [0.3, 0.4) is 0 Å². The van der Waals surface area contributed by atoms with E-state index in [1.807, 2.05) is 37.3 Å². The predicted octanol–water partition coefficient (Wildman–Crippen LogP) is 4.13. The van der Waals surface area contributed by atoms with Crippen molar-refractivity contribution >= 4 is 33.8 Å². The first-order valence-electron chi connectivity index (χ1n) is 10.9. The molecule has 1 aromatic carbocycles. The van der Waals surface area contributed by atoms with Crippen LogP contribution in [0.15, 0.2) is 65.0 Å². The molecule has 0 spiro atoms. The van der Waals surface area contributed by atoms with E-state index in [-0.39, 0.29) is 17.9 Å². The van der Waals surface area contributed by atoms with Crippen LogP contribution in [0.4, 0.5) is 0 Å². The Hall–Kier alpha value is -3.82. The van der Waals surface area contributed by atoms with Gasteiger partial charge in [-0.15, -0.1) is 11.3 Å². The summed E-state index contributed by atoms with van der Waals surface area (Å²) >= 11 is 7.35. The molecule has 0 unspecified atom stereocenters. The molecule has 8 nitrogen and oxygen atoms in total. The van der Waals surface area contributed by atoms with E-state index in [0.717, 1.165) is 16.9 Å². The van der Waals surface area contributed by atoms with E-state index in [1.165, 1.54) is 15.7 Å². The minimum absolute atomic E-state index is 0.0581. The summed E-state index contributed by atoms with van der Waals surface area (Å²) < 4.78 is 3.27. The first-order chi connectivity index (χ1) is 16.9. The monoisotopic (exact) mass is 504 g/mol. The van der Waals surface area contributed by atoms with Gasteiger partial charge in [0.1, 0.15) is 5.69 Å². The van der Waals surface area contributed by atoms with Crippen molar-refractivity contribution in [3.8, 4) is 16.9 Å². The summed E-state index contributed by atoms with van der Waals surface area (Å²) in [5, 5.41) is 10.00. The Kier molecular flexibility index (Phi) is 6.19. The van der Waals surface area contributed by atoms with Crippen LogP contribution in [-0.2, 0) is 17.8 Å². The van der Waals surface area contributed by atoms with E-state index >= 15 is 0 Å². The van der Waals surface area contributed by atoms with Crippen molar-refractivity contribution in [1.82, 2.24) is 29.5 Å². The molecule has 0 saturated carbocycles. The number of benzene rings is 1. The molecule has 0 bridgehead atoms. The van der Waals surface area contributed by atoms with Gasteiger partial charge in [0.05, 0.1) is 23.4 Å². The molecule has 0 saturated heterocycles. The Bertz CT molecular complexity index is 1590. The number of hydrogen-bond donors (Lipinski definition) is 1. The molecule has 0 fully saturated rings. The van der Waals surface area contributed by atoms with E-state index in [1.54, 1.807) is 41.5 Å². The summed E-state index contributed by atoms with van der Waals surface area (Å²) in [5.41, 5.74) is 4.47. The lowest BCUT2D eigenvalue weighted by Crippen LogP contribution is -2.27. The molecule has 4 aromatic heterocycles. The van der Waals surface area contributed by atoms with Crippen LogP contribution in [0.1, 0.15) is 22.6 Å². The molecule has 5 rings (SSSR count). The lowest BCUT2D eigenvalue weighted by Gasteiger charge is -2.07. The first-order valence-corrected chi connectivity index (χ1v) is 12.1. The molecule has 0 radical (unpaired) electrons. The van der Waals surface area contributed by atoms with Gasteiger partial charge in [-0.2, -0.15) is 5.10 Å². The maximum Gasteiger partial charge on any atom is 0.268 e. The molecular formula is C25H21ClN6O2S. The number of nitrogens with zero attached hydrogens (tertiary/aromatic N) is 5. The number of hydrogen-bond acceptors (Lipinski definition) is 6. The van der Waals surface area contributed by atoms with Gasteiger partial charge in [0.25, 0.3) is 5.56 Å². The third-order valence-corrected chi connectivity index (χ3v) is 6.72. The molecule has 4 heterocycles. The normalized spacial score (nSPS) is 11.2. The van der Waals surface area contributed by atoms with E-state index in [2.05, 4.69) is 20.4 Å². The highest BCUT2D eigenvalue weighted by molar-refractivity contribution is 7.15. The number of amides is 1. The third-order valence-electron chi connectivity index (χ3n) is 5.59. The van der Waals surface area contributed by atoms with Crippen molar-refractivity contribution in [2.75, 3.05) is 0 Å². The van der Waals surface area contributed by atoms with Crippen molar-refractivity contribution in [2.45, 2.75) is 26.8 Å². The number of thiazole rings is 1. The summed E-state index contributed by atoms with van der Waals surface area (Å²) in [7, 11) is 0. The molecule has 5 aromatic rings. The number of pyridine rings is 1. The summed E-state index contributed by atoms with van der Waals surface area (Å²) in [6.45, 7) is 4.09. The van der Waals surface area contributed by atoms with Gasteiger partial charge in [-0.25, -0.2) is 9.67 Å². The Morgan fingerprint density at radius 3 is 2.71 bits per heavy atom. The highest BCUT2D eigenvalue weighted by Crippen LogP contribution is 2.24. The summed E-state index contributed by atoms with van der Waals surface area (Å²) in [4.78, 5) is 35.4. The average Bonchev–Trinajstić information content (AvgIpc) is 3.42. The Morgan fingerprint density at radius 1 is 1.17 bits per heavy atom. The molecular weight excluding hydrogens is 484 g/mol. The van der Waals surface area contributed by atoms with Gasteiger partial charge in [0.15, 0.2) is 4.96 Å². The highest BCUT2D eigenvalue weighted by atomic mass is 35.5. The molecule has 10 heteroatoms. The maximum absolute atomic E-state index is 13.6. The van der Waals surface area contributed by atoms with Gasteiger partial charge < -0.3 is 5.32 Å². The molecule has 1 amide bonds. The molecule has 1 N–H and O–H groups in total. The van der Waals surface area contributed by atoms with Crippen LogP contribution < -0.4 is 10.9 Å². The van der Waals surface area contributed by atoms with Crippen LogP contribution in [-0.4, -0.2) is 30.1 Å². The minimum Gasteiger partial charge on any atom is -0.352 e. The third kappa shape index (κ3) is 4.60. The number of aryl methyl sites for hydroxylation is 2. The smallest absolute Gasteiger partial charge is 0.268 e. The zero-order valence-corrected chi connectivity index (χ0v) is 20.6. The van der Waals surface area contributed by atoms with Gasteiger partial charge in [0.2, 0.25) is 5.91 Å². The number of fused-ring (bicyclic) bond motifs is 1. The number of carbonyl (C=O) groups is 1. The van der Waals surface area contributed by atoms with Crippen LogP contribution in [0.25, 0.3) is 21.9 Å². The first kappa shape index (κ1) is 22.9. The zero-order chi connectivity index (χ0) is 24.5. The SMILES string of the molecule is Cc1nc2scc(CC(=O)NCc3cccnc3)n2c(=O)c1-c1cc(C)n(-c2ccc(Cl)cc2)n1. The van der Waals surface area contributed by atoms with Gasteiger partial charge in [0, 0.05) is 40.7 Å². The van der Waals surface area contributed by atoms with Gasteiger partial charge in [-0.05, 0) is 55.8 Å². The van der Waals surface area contributed by atoms with Crippen LogP contribution >= 0.6 is 22.9 Å². The number of rotatable bonds is 6. The summed E-state index contributed by atoms with van der Waals surface area (Å²) in [6, 6.07) is 12.9. The number of halogens is 1. The Labute approximate surface area is 209 Å². The molecule has 35 heavy (non-hydrogen) atoms. The summed E-state index contributed by atoms with van der Waals surface area (Å²) in [6.07, 6.45) is 3.44. The van der Waals surface area contributed by atoms with Gasteiger partial charge in [-0.3, -0.25) is 19.0 Å². The van der Waals surface area contributed by atoms with Crippen molar-refractivity contribution < 1.29 is 4.79 Å². The van der Waals surface area contributed by atoms with Gasteiger partial charge >= 0.3 is 0 Å².